The van der Waals surface area contributed by atoms with Gasteiger partial charge in [-0.05, 0) is 12.2 Å². The first-order valence-corrected chi connectivity index (χ1v) is 8.02. The van der Waals surface area contributed by atoms with E-state index in [1.54, 1.807) is 0 Å². The maximum absolute atomic E-state index is 12.2. The van der Waals surface area contributed by atoms with Crippen LogP contribution in [0.2, 0.25) is 0 Å². The molecule has 2 rings (SSSR count). The average molecular weight is 286 g/mol. The van der Waals surface area contributed by atoms with Gasteiger partial charge in [0.2, 0.25) is 5.91 Å². The van der Waals surface area contributed by atoms with Gasteiger partial charge in [-0.25, -0.2) is 0 Å². The maximum Gasteiger partial charge on any atom is 0.306 e. The predicted octanol–water partition coefficient (Wildman–Crippen LogP) is 0.447. The van der Waals surface area contributed by atoms with Crippen LogP contribution in [-0.2, 0) is 14.3 Å². The summed E-state index contributed by atoms with van der Waals surface area (Å²) in [5, 5.41) is 0. The lowest BCUT2D eigenvalue weighted by Crippen LogP contribution is -2.50. The van der Waals surface area contributed by atoms with Crippen LogP contribution in [0.4, 0.5) is 0 Å². The number of nitrogens with zero attached hydrogens (tertiary/aromatic N) is 2. The fraction of sp³-hybridized carbons (Fsp3) is 0.846. The van der Waals surface area contributed by atoms with Crippen LogP contribution in [0.15, 0.2) is 0 Å². The van der Waals surface area contributed by atoms with Crippen LogP contribution in [0.3, 0.4) is 0 Å². The second-order valence-electron chi connectivity index (χ2n) is 5.05. The summed E-state index contributed by atoms with van der Waals surface area (Å²) in [6, 6.07) is 0. The van der Waals surface area contributed by atoms with Gasteiger partial charge in [0.1, 0.15) is 0 Å². The van der Waals surface area contributed by atoms with E-state index in [0.717, 1.165) is 50.7 Å². The standard InChI is InChI=1S/C13H22N2O3S/c1-18-12(16)2-4-14-5-7-15(8-6-14)13(17)11-3-9-19-10-11/h11H,2-10H2,1H3. The predicted molar refractivity (Wildman–Crippen MR) is 75.1 cm³/mol. The molecule has 0 bridgehead atoms. The first kappa shape index (κ1) is 14.7. The third-order valence-electron chi connectivity index (χ3n) is 3.82. The van der Waals surface area contributed by atoms with Gasteiger partial charge in [-0.3, -0.25) is 14.5 Å². The summed E-state index contributed by atoms with van der Waals surface area (Å²) < 4.78 is 4.64. The number of esters is 1. The van der Waals surface area contributed by atoms with Crippen LogP contribution in [0.5, 0.6) is 0 Å². The molecule has 2 aliphatic rings. The van der Waals surface area contributed by atoms with Crippen molar-refractivity contribution in [1.29, 1.82) is 0 Å². The number of piperazine rings is 1. The van der Waals surface area contributed by atoms with Gasteiger partial charge in [-0.2, -0.15) is 11.8 Å². The number of carbonyl (C=O) groups excluding carboxylic acids is 2. The lowest BCUT2D eigenvalue weighted by molar-refractivity contribution is -0.142. The van der Waals surface area contributed by atoms with Crippen LogP contribution in [0, 0.1) is 5.92 Å². The molecule has 0 spiro atoms. The molecule has 0 aromatic carbocycles. The number of methoxy groups -OCH3 is 1. The Morgan fingerprint density at radius 2 is 2.00 bits per heavy atom. The molecule has 108 valence electrons. The van der Waals surface area contributed by atoms with Gasteiger partial charge in [0.15, 0.2) is 0 Å². The Morgan fingerprint density at radius 3 is 2.58 bits per heavy atom. The summed E-state index contributed by atoms with van der Waals surface area (Å²) >= 11 is 1.88. The Balaban J connectivity index is 1.69. The van der Waals surface area contributed by atoms with Crippen LogP contribution in [-0.4, -0.2) is 73.0 Å². The van der Waals surface area contributed by atoms with E-state index in [0.29, 0.717) is 12.3 Å². The number of carbonyl (C=O) groups is 2. The Hall–Kier alpha value is -0.750. The molecule has 0 saturated carbocycles. The molecule has 1 amide bonds. The molecule has 2 saturated heterocycles. The molecule has 19 heavy (non-hydrogen) atoms. The van der Waals surface area contributed by atoms with Crippen molar-refractivity contribution in [1.82, 2.24) is 9.80 Å². The number of rotatable bonds is 4. The quantitative estimate of drug-likeness (QED) is 0.702. The summed E-state index contributed by atoms with van der Waals surface area (Å²) in [5.41, 5.74) is 0. The van der Waals surface area contributed by atoms with E-state index in [2.05, 4.69) is 9.64 Å². The minimum absolute atomic E-state index is 0.165. The first-order valence-electron chi connectivity index (χ1n) is 6.86. The molecule has 5 nitrogen and oxygen atoms in total. The number of ether oxygens (including phenoxy) is 1. The largest absolute Gasteiger partial charge is 0.469 e. The third kappa shape index (κ3) is 4.11. The zero-order chi connectivity index (χ0) is 13.7. The maximum atomic E-state index is 12.2. The molecule has 0 aromatic rings. The first-order chi connectivity index (χ1) is 9.20. The van der Waals surface area contributed by atoms with Crippen molar-refractivity contribution >= 4 is 23.6 Å². The van der Waals surface area contributed by atoms with E-state index < -0.39 is 0 Å². The molecule has 1 atom stereocenters. The van der Waals surface area contributed by atoms with Crippen LogP contribution >= 0.6 is 11.8 Å². The van der Waals surface area contributed by atoms with Gasteiger partial charge in [0.05, 0.1) is 13.5 Å². The van der Waals surface area contributed by atoms with Gasteiger partial charge in [0.25, 0.3) is 0 Å². The molecular formula is C13H22N2O3S. The fourth-order valence-corrected chi connectivity index (χ4v) is 3.74. The SMILES string of the molecule is COC(=O)CCN1CCN(C(=O)C2CCSC2)CC1. The topological polar surface area (TPSA) is 49.9 Å². The Bertz CT molecular complexity index is 324. The van der Waals surface area contributed by atoms with Crippen molar-refractivity contribution in [3.05, 3.63) is 0 Å². The van der Waals surface area contributed by atoms with Gasteiger partial charge >= 0.3 is 5.97 Å². The van der Waals surface area contributed by atoms with E-state index in [-0.39, 0.29) is 11.9 Å². The highest BCUT2D eigenvalue weighted by molar-refractivity contribution is 7.99. The smallest absolute Gasteiger partial charge is 0.306 e. The van der Waals surface area contributed by atoms with E-state index in [4.69, 9.17) is 0 Å². The van der Waals surface area contributed by atoms with Crippen LogP contribution in [0.1, 0.15) is 12.8 Å². The highest BCUT2D eigenvalue weighted by atomic mass is 32.2. The third-order valence-corrected chi connectivity index (χ3v) is 4.99. The van der Waals surface area contributed by atoms with Gasteiger partial charge in [0, 0.05) is 44.4 Å². The molecule has 0 radical (unpaired) electrons. The lowest BCUT2D eigenvalue weighted by atomic mass is 10.1. The molecule has 2 heterocycles. The van der Waals surface area contributed by atoms with E-state index in [1.807, 2.05) is 16.7 Å². The molecular weight excluding hydrogens is 264 g/mol. The normalized spacial score (nSPS) is 24.5. The van der Waals surface area contributed by atoms with Crippen molar-refractivity contribution in [2.24, 2.45) is 5.92 Å². The zero-order valence-corrected chi connectivity index (χ0v) is 12.3. The van der Waals surface area contributed by atoms with E-state index >= 15 is 0 Å². The Kier molecular flexibility index (Phi) is 5.51. The minimum Gasteiger partial charge on any atom is -0.469 e. The van der Waals surface area contributed by atoms with Crippen molar-refractivity contribution in [2.75, 3.05) is 51.3 Å². The average Bonchev–Trinajstić information content (AvgIpc) is 2.98. The van der Waals surface area contributed by atoms with Gasteiger partial charge in [-0.15, -0.1) is 0 Å². The monoisotopic (exact) mass is 286 g/mol. The molecule has 6 heteroatoms. The number of amides is 1. The van der Waals surface area contributed by atoms with Crippen molar-refractivity contribution in [2.45, 2.75) is 12.8 Å². The van der Waals surface area contributed by atoms with E-state index in [9.17, 15) is 9.59 Å². The molecule has 2 aliphatic heterocycles. The summed E-state index contributed by atoms with van der Waals surface area (Å²) in [4.78, 5) is 27.5. The molecule has 2 fully saturated rings. The second kappa shape index (κ2) is 7.14. The second-order valence-corrected chi connectivity index (χ2v) is 6.20. The summed E-state index contributed by atoms with van der Waals surface area (Å²) in [6.07, 6.45) is 1.47. The van der Waals surface area contributed by atoms with Gasteiger partial charge < -0.3 is 9.64 Å². The lowest BCUT2D eigenvalue weighted by Gasteiger charge is -2.35. The van der Waals surface area contributed by atoms with Crippen LogP contribution < -0.4 is 0 Å². The van der Waals surface area contributed by atoms with Crippen molar-refractivity contribution in [3.63, 3.8) is 0 Å². The van der Waals surface area contributed by atoms with Crippen molar-refractivity contribution in [3.8, 4) is 0 Å². The molecule has 0 aliphatic carbocycles. The highest BCUT2D eigenvalue weighted by Crippen LogP contribution is 2.25. The minimum atomic E-state index is -0.165. The Labute approximate surface area is 118 Å². The number of hydrogen-bond acceptors (Lipinski definition) is 5. The Morgan fingerprint density at radius 1 is 1.26 bits per heavy atom. The van der Waals surface area contributed by atoms with Crippen molar-refractivity contribution < 1.29 is 14.3 Å². The molecule has 0 N–H and O–H groups in total. The zero-order valence-electron chi connectivity index (χ0n) is 11.5. The summed E-state index contributed by atoms with van der Waals surface area (Å²) in [6.45, 7) is 4.04. The number of hydrogen-bond donors (Lipinski definition) is 0. The summed E-state index contributed by atoms with van der Waals surface area (Å²) in [5.74, 6) is 2.52. The summed E-state index contributed by atoms with van der Waals surface area (Å²) in [7, 11) is 1.42. The number of thioether (sulfide) groups is 1. The van der Waals surface area contributed by atoms with E-state index in [1.165, 1.54) is 7.11 Å². The molecule has 1 unspecified atom stereocenters. The van der Waals surface area contributed by atoms with Gasteiger partial charge in [-0.1, -0.05) is 0 Å². The fourth-order valence-electron chi connectivity index (χ4n) is 2.53. The molecule has 0 aromatic heterocycles. The highest BCUT2D eigenvalue weighted by Gasteiger charge is 2.29. The van der Waals surface area contributed by atoms with Crippen LogP contribution in [0.25, 0.3) is 0 Å².